The van der Waals surface area contributed by atoms with Gasteiger partial charge < -0.3 is 4.84 Å². The minimum Gasteiger partial charge on any atom is -0.391 e. The van der Waals surface area contributed by atoms with E-state index in [1.165, 1.54) is 11.3 Å². The van der Waals surface area contributed by atoms with Crippen LogP contribution in [0.2, 0.25) is 4.34 Å². The molecule has 5 heteroatoms. The van der Waals surface area contributed by atoms with Crippen LogP contribution in [0.4, 0.5) is 0 Å². The Labute approximate surface area is 114 Å². The molecule has 0 radical (unpaired) electrons. The highest BCUT2D eigenvalue weighted by Gasteiger charge is 2.00. The van der Waals surface area contributed by atoms with E-state index in [1.807, 2.05) is 24.3 Å². The Hall–Kier alpha value is -1.83. The molecule has 0 saturated heterocycles. The van der Waals surface area contributed by atoms with Gasteiger partial charge in [-0.1, -0.05) is 35.0 Å². The lowest BCUT2D eigenvalue weighted by Gasteiger charge is -2.01. The van der Waals surface area contributed by atoms with E-state index in [2.05, 4.69) is 11.2 Å². The van der Waals surface area contributed by atoms with E-state index in [0.29, 0.717) is 9.90 Å². The standard InChI is InChI=1S/C13H9ClN2OS/c14-13-6-5-12(18-13)8-16-17-9-11-4-2-1-3-10(11)7-15/h1-6,8H,9H2/b16-8-. The zero-order valence-corrected chi connectivity index (χ0v) is 10.9. The van der Waals surface area contributed by atoms with Gasteiger partial charge in [-0.2, -0.15) is 5.26 Å². The second kappa shape index (κ2) is 6.20. The summed E-state index contributed by atoms with van der Waals surface area (Å²) < 4.78 is 0.714. The van der Waals surface area contributed by atoms with Crippen LogP contribution >= 0.6 is 22.9 Å². The molecule has 0 aliphatic carbocycles. The minimum atomic E-state index is 0.277. The van der Waals surface area contributed by atoms with E-state index in [1.54, 1.807) is 18.3 Å². The molecule has 90 valence electrons. The summed E-state index contributed by atoms with van der Waals surface area (Å²) in [6, 6.07) is 13.1. The first-order valence-electron chi connectivity index (χ1n) is 5.18. The largest absolute Gasteiger partial charge is 0.391 e. The molecule has 0 atom stereocenters. The zero-order valence-electron chi connectivity index (χ0n) is 9.34. The van der Waals surface area contributed by atoms with Gasteiger partial charge >= 0.3 is 0 Å². The average molecular weight is 277 g/mol. The van der Waals surface area contributed by atoms with E-state index in [0.717, 1.165) is 10.4 Å². The van der Waals surface area contributed by atoms with Gasteiger partial charge in [0.1, 0.15) is 6.61 Å². The van der Waals surface area contributed by atoms with E-state index in [-0.39, 0.29) is 6.61 Å². The predicted octanol–water partition coefficient (Wildman–Crippen LogP) is 3.82. The van der Waals surface area contributed by atoms with Crippen molar-refractivity contribution in [1.29, 1.82) is 5.26 Å². The van der Waals surface area contributed by atoms with Gasteiger partial charge in [-0.05, 0) is 18.2 Å². The molecule has 0 amide bonds. The quantitative estimate of drug-likeness (QED) is 0.629. The number of halogens is 1. The molecule has 0 saturated carbocycles. The third kappa shape index (κ3) is 3.33. The van der Waals surface area contributed by atoms with Crippen LogP contribution in [0.1, 0.15) is 16.0 Å². The Balaban J connectivity index is 1.93. The Kier molecular flexibility index (Phi) is 4.35. The molecule has 0 fully saturated rings. The number of hydrogen-bond donors (Lipinski definition) is 0. The summed E-state index contributed by atoms with van der Waals surface area (Å²) in [6.07, 6.45) is 1.60. The second-order valence-corrected chi connectivity index (χ2v) is 5.17. The highest BCUT2D eigenvalue weighted by Crippen LogP contribution is 2.19. The average Bonchev–Trinajstić information content (AvgIpc) is 2.81. The SMILES string of the molecule is N#Cc1ccccc1CO/N=C\c1ccc(Cl)s1. The Morgan fingerprint density at radius 3 is 2.89 bits per heavy atom. The molecule has 0 aliphatic rings. The fraction of sp³-hybridized carbons (Fsp3) is 0.0769. The van der Waals surface area contributed by atoms with E-state index in [4.69, 9.17) is 21.7 Å². The number of nitrogens with zero attached hydrogens (tertiary/aromatic N) is 2. The number of benzene rings is 1. The summed E-state index contributed by atoms with van der Waals surface area (Å²) in [7, 11) is 0. The molecule has 3 nitrogen and oxygen atoms in total. The van der Waals surface area contributed by atoms with E-state index >= 15 is 0 Å². The fourth-order valence-corrected chi connectivity index (χ4v) is 2.27. The first-order chi connectivity index (χ1) is 8.79. The monoisotopic (exact) mass is 276 g/mol. The lowest BCUT2D eigenvalue weighted by atomic mass is 10.1. The molecule has 0 spiro atoms. The molecule has 1 heterocycles. The molecule has 0 N–H and O–H groups in total. The van der Waals surface area contributed by atoms with Gasteiger partial charge in [0.2, 0.25) is 0 Å². The smallest absolute Gasteiger partial charge is 0.143 e. The van der Waals surface area contributed by atoms with Crippen molar-refractivity contribution in [3.8, 4) is 6.07 Å². The molecular formula is C13H9ClN2OS. The van der Waals surface area contributed by atoms with Crippen molar-refractivity contribution < 1.29 is 4.84 Å². The van der Waals surface area contributed by atoms with Crippen molar-refractivity contribution in [2.75, 3.05) is 0 Å². The molecular weight excluding hydrogens is 268 g/mol. The van der Waals surface area contributed by atoms with Crippen molar-refractivity contribution in [2.24, 2.45) is 5.16 Å². The maximum atomic E-state index is 8.90. The number of rotatable bonds is 4. The van der Waals surface area contributed by atoms with Crippen molar-refractivity contribution >= 4 is 29.2 Å². The third-order valence-corrected chi connectivity index (χ3v) is 3.37. The fourth-order valence-electron chi connectivity index (χ4n) is 1.35. The van der Waals surface area contributed by atoms with Gasteiger partial charge in [-0.15, -0.1) is 11.3 Å². The van der Waals surface area contributed by atoms with E-state index < -0.39 is 0 Å². The van der Waals surface area contributed by atoms with Gasteiger partial charge in [0.05, 0.1) is 27.1 Å². The van der Waals surface area contributed by atoms with Crippen LogP contribution in [0.3, 0.4) is 0 Å². The maximum absolute atomic E-state index is 8.90. The van der Waals surface area contributed by atoms with Crippen molar-refractivity contribution in [1.82, 2.24) is 0 Å². The number of hydrogen-bond acceptors (Lipinski definition) is 4. The summed E-state index contributed by atoms with van der Waals surface area (Å²) >= 11 is 7.21. The molecule has 18 heavy (non-hydrogen) atoms. The Bertz CT molecular complexity index is 601. The summed E-state index contributed by atoms with van der Waals surface area (Å²) in [5.74, 6) is 0. The zero-order chi connectivity index (χ0) is 12.8. The normalized spacial score (nSPS) is 10.4. The molecule has 1 aromatic carbocycles. The van der Waals surface area contributed by atoms with Gasteiger partial charge in [0, 0.05) is 5.56 Å². The number of oxime groups is 1. The topological polar surface area (TPSA) is 45.4 Å². The number of thiophene rings is 1. The summed E-state index contributed by atoms with van der Waals surface area (Å²) in [6.45, 7) is 0.277. The van der Waals surface area contributed by atoms with Crippen molar-refractivity contribution in [2.45, 2.75) is 6.61 Å². The van der Waals surface area contributed by atoms with E-state index in [9.17, 15) is 0 Å². The second-order valence-electron chi connectivity index (χ2n) is 3.42. The first kappa shape index (κ1) is 12.6. The molecule has 0 bridgehead atoms. The van der Waals surface area contributed by atoms with Gasteiger partial charge in [-0.3, -0.25) is 0 Å². The number of nitriles is 1. The summed E-state index contributed by atoms with van der Waals surface area (Å²) in [5, 5.41) is 12.7. The highest BCUT2D eigenvalue weighted by atomic mass is 35.5. The predicted molar refractivity (Wildman–Crippen MR) is 72.9 cm³/mol. The summed E-state index contributed by atoms with van der Waals surface area (Å²) in [5.41, 5.74) is 1.42. The maximum Gasteiger partial charge on any atom is 0.143 e. The minimum absolute atomic E-state index is 0.277. The Morgan fingerprint density at radius 1 is 1.33 bits per heavy atom. The van der Waals surface area contributed by atoms with Gasteiger partial charge in [0.15, 0.2) is 0 Å². The molecule has 1 aromatic heterocycles. The van der Waals surface area contributed by atoms with Crippen LogP contribution < -0.4 is 0 Å². The third-order valence-electron chi connectivity index (χ3n) is 2.21. The molecule has 2 aromatic rings. The van der Waals surface area contributed by atoms with Gasteiger partial charge in [-0.25, -0.2) is 0 Å². The lowest BCUT2D eigenvalue weighted by Crippen LogP contribution is -1.91. The van der Waals surface area contributed by atoms with Crippen LogP contribution in [-0.2, 0) is 11.4 Å². The highest BCUT2D eigenvalue weighted by molar-refractivity contribution is 7.17. The van der Waals surface area contributed by atoms with Gasteiger partial charge in [0.25, 0.3) is 0 Å². The molecule has 0 unspecified atom stereocenters. The Morgan fingerprint density at radius 2 is 2.17 bits per heavy atom. The van der Waals surface area contributed by atoms with Crippen LogP contribution in [0.25, 0.3) is 0 Å². The molecule has 2 rings (SSSR count). The van der Waals surface area contributed by atoms with Crippen LogP contribution in [-0.4, -0.2) is 6.21 Å². The van der Waals surface area contributed by atoms with Crippen molar-refractivity contribution in [3.05, 3.63) is 56.7 Å². The lowest BCUT2D eigenvalue weighted by molar-refractivity contribution is 0.132. The van der Waals surface area contributed by atoms with Crippen molar-refractivity contribution in [3.63, 3.8) is 0 Å². The van der Waals surface area contributed by atoms with Crippen LogP contribution in [0.15, 0.2) is 41.6 Å². The molecule has 0 aliphatic heterocycles. The first-order valence-corrected chi connectivity index (χ1v) is 6.38. The van der Waals surface area contributed by atoms with Crippen LogP contribution in [0.5, 0.6) is 0 Å². The van der Waals surface area contributed by atoms with Crippen LogP contribution in [0, 0.1) is 11.3 Å². The summed E-state index contributed by atoms with van der Waals surface area (Å²) in [4.78, 5) is 6.08.